The lowest BCUT2D eigenvalue weighted by Crippen LogP contribution is -2.37. The Morgan fingerprint density at radius 2 is 1.14 bits per heavy atom. The largest absolute Gasteiger partial charge is 0.312 e. The zero-order chi connectivity index (χ0) is 19.7. The Morgan fingerprint density at radius 1 is 0.655 bits per heavy atom. The molecule has 0 saturated heterocycles. The normalized spacial score (nSPS) is 11.6. The second-order valence-corrected chi connectivity index (χ2v) is 7.26. The van der Waals surface area contributed by atoms with Gasteiger partial charge in [-0.3, -0.25) is 0 Å². The highest BCUT2D eigenvalue weighted by molar-refractivity contribution is 5.80. The van der Waals surface area contributed by atoms with E-state index in [0.29, 0.717) is 0 Å². The summed E-state index contributed by atoms with van der Waals surface area (Å²) >= 11 is 0. The lowest BCUT2D eigenvalue weighted by molar-refractivity contribution is 0.528. The first kappa shape index (κ1) is 17.4. The van der Waals surface area contributed by atoms with Crippen molar-refractivity contribution in [1.82, 2.24) is 14.8 Å². The van der Waals surface area contributed by atoms with Crippen LogP contribution in [0, 0.1) is 6.92 Å². The summed E-state index contributed by atoms with van der Waals surface area (Å²) in [4.78, 5) is 0. The summed E-state index contributed by atoms with van der Waals surface area (Å²) in [5, 5.41) is 9.94. The van der Waals surface area contributed by atoms with Crippen LogP contribution >= 0.6 is 0 Å². The van der Waals surface area contributed by atoms with Crippen LogP contribution < -0.4 is 0 Å². The first-order valence-corrected chi connectivity index (χ1v) is 9.78. The highest BCUT2D eigenvalue weighted by atomic mass is 15.2. The molecular weight excluding hydrogens is 354 g/mol. The molecule has 0 radical (unpaired) electrons. The molecule has 0 fully saturated rings. The molecule has 0 spiro atoms. The zero-order valence-corrected chi connectivity index (χ0v) is 16.2. The van der Waals surface area contributed by atoms with Crippen molar-refractivity contribution in [3.63, 3.8) is 0 Å². The fourth-order valence-electron chi connectivity index (χ4n) is 4.30. The van der Waals surface area contributed by atoms with Crippen LogP contribution in [0.25, 0.3) is 11.0 Å². The number of benzene rings is 3. The van der Waals surface area contributed by atoms with Crippen LogP contribution in [0.3, 0.4) is 0 Å². The molecule has 2 aromatic heterocycles. The minimum absolute atomic E-state index is 0.562. The van der Waals surface area contributed by atoms with E-state index >= 15 is 0 Å². The first-order valence-electron chi connectivity index (χ1n) is 9.78. The number of aromatic nitrogens is 3. The molecule has 0 N–H and O–H groups in total. The zero-order valence-electron chi connectivity index (χ0n) is 16.2. The fourth-order valence-corrected chi connectivity index (χ4v) is 4.30. The van der Waals surface area contributed by atoms with Crippen molar-refractivity contribution in [2.75, 3.05) is 0 Å². The number of rotatable bonds is 4. The predicted octanol–water partition coefficient (Wildman–Crippen LogP) is 5.58. The van der Waals surface area contributed by atoms with Gasteiger partial charge >= 0.3 is 0 Å². The van der Waals surface area contributed by atoms with E-state index in [1.807, 2.05) is 6.20 Å². The van der Waals surface area contributed by atoms with Crippen LogP contribution in [0.1, 0.15) is 22.3 Å². The number of nitrogens with zero attached hydrogens (tertiary/aromatic N) is 3. The van der Waals surface area contributed by atoms with Crippen LogP contribution in [-0.4, -0.2) is 14.8 Å². The Morgan fingerprint density at radius 3 is 1.62 bits per heavy atom. The van der Waals surface area contributed by atoms with Gasteiger partial charge in [0.05, 0.1) is 6.20 Å². The number of fused-ring (bicyclic) bond motifs is 1. The molecule has 3 aromatic carbocycles. The summed E-state index contributed by atoms with van der Waals surface area (Å²) in [6, 6.07) is 34.0. The SMILES string of the molecule is Cc1cnnc2c1ccn2C(c1ccccc1)(c1ccccc1)c1ccccc1. The van der Waals surface area contributed by atoms with Gasteiger partial charge in [-0.25, -0.2) is 0 Å². The van der Waals surface area contributed by atoms with Crippen molar-refractivity contribution in [2.45, 2.75) is 12.5 Å². The van der Waals surface area contributed by atoms with Crippen molar-refractivity contribution in [2.24, 2.45) is 0 Å². The van der Waals surface area contributed by atoms with E-state index in [4.69, 9.17) is 0 Å². The molecule has 3 heteroatoms. The summed E-state index contributed by atoms with van der Waals surface area (Å²) in [5.74, 6) is 0. The van der Waals surface area contributed by atoms with Crippen LogP contribution in [0.5, 0.6) is 0 Å². The highest BCUT2D eigenvalue weighted by Gasteiger charge is 2.39. The van der Waals surface area contributed by atoms with Gasteiger partial charge in [0.2, 0.25) is 0 Å². The van der Waals surface area contributed by atoms with Crippen molar-refractivity contribution in [3.8, 4) is 0 Å². The predicted molar refractivity (Wildman–Crippen MR) is 117 cm³/mol. The van der Waals surface area contributed by atoms with Crippen LogP contribution in [0.4, 0.5) is 0 Å². The molecule has 0 atom stereocenters. The van der Waals surface area contributed by atoms with Gasteiger partial charge in [-0.2, -0.15) is 5.10 Å². The minimum atomic E-state index is -0.562. The first-order chi connectivity index (χ1) is 14.3. The highest BCUT2D eigenvalue weighted by Crippen LogP contribution is 2.42. The summed E-state index contributed by atoms with van der Waals surface area (Å²) in [6.07, 6.45) is 3.96. The monoisotopic (exact) mass is 375 g/mol. The summed E-state index contributed by atoms with van der Waals surface area (Å²) in [7, 11) is 0. The van der Waals surface area contributed by atoms with Crippen LogP contribution in [-0.2, 0) is 5.54 Å². The van der Waals surface area contributed by atoms with Gasteiger partial charge in [0.15, 0.2) is 5.65 Å². The van der Waals surface area contributed by atoms with Gasteiger partial charge in [-0.1, -0.05) is 91.0 Å². The van der Waals surface area contributed by atoms with Crippen molar-refractivity contribution in [3.05, 3.63) is 132 Å². The molecular formula is C26H21N3. The molecule has 5 rings (SSSR count). The van der Waals surface area contributed by atoms with E-state index in [1.54, 1.807) is 0 Å². The van der Waals surface area contributed by atoms with Crippen molar-refractivity contribution < 1.29 is 0 Å². The van der Waals surface area contributed by atoms with Gasteiger partial charge < -0.3 is 4.57 Å². The van der Waals surface area contributed by atoms with Gasteiger partial charge in [0.25, 0.3) is 0 Å². The third kappa shape index (κ3) is 2.66. The van der Waals surface area contributed by atoms with Crippen molar-refractivity contribution >= 4 is 11.0 Å². The van der Waals surface area contributed by atoms with Crippen LogP contribution in [0.2, 0.25) is 0 Å². The lowest BCUT2D eigenvalue weighted by atomic mass is 9.76. The standard InChI is InChI=1S/C26H21N3/c1-20-19-27-28-25-24(20)17-18-29(25)26(21-11-5-2-6-12-21,22-13-7-3-8-14-22)23-15-9-4-10-16-23/h2-19H,1H3. The lowest BCUT2D eigenvalue weighted by Gasteiger charge is -2.38. The Labute approximate surface area is 170 Å². The van der Waals surface area contributed by atoms with Crippen molar-refractivity contribution in [1.29, 1.82) is 0 Å². The van der Waals surface area contributed by atoms with E-state index < -0.39 is 5.54 Å². The number of hydrogen-bond acceptors (Lipinski definition) is 2. The van der Waals surface area contributed by atoms with Gasteiger partial charge in [-0.05, 0) is 35.2 Å². The molecule has 0 saturated carbocycles. The smallest absolute Gasteiger partial charge is 0.164 e. The topological polar surface area (TPSA) is 30.7 Å². The second-order valence-electron chi connectivity index (χ2n) is 7.26. The fraction of sp³-hybridized carbons (Fsp3) is 0.0769. The van der Waals surface area contributed by atoms with E-state index in [0.717, 1.165) is 16.6 Å². The Kier molecular flexibility index (Phi) is 4.21. The number of aryl methyl sites for hydroxylation is 1. The summed E-state index contributed by atoms with van der Waals surface area (Å²) in [5.41, 5.74) is 4.97. The second kappa shape index (κ2) is 7.02. The van der Waals surface area contributed by atoms with Gasteiger partial charge in [0.1, 0.15) is 5.54 Å². The third-order valence-corrected chi connectivity index (χ3v) is 5.62. The molecule has 0 aliphatic heterocycles. The molecule has 0 aliphatic carbocycles. The molecule has 3 nitrogen and oxygen atoms in total. The maximum atomic E-state index is 4.56. The number of hydrogen-bond donors (Lipinski definition) is 0. The Bertz CT molecular complexity index is 1150. The van der Waals surface area contributed by atoms with Gasteiger partial charge in [-0.15, -0.1) is 5.10 Å². The quantitative estimate of drug-likeness (QED) is 0.384. The average Bonchev–Trinajstić information content (AvgIpc) is 3.23. The molecule has 29 heavy (non-hydrogen) atoms. The molecule has 140 valence electrons. The molecule has 2 heterocycles. The minimum Gasteiger partial charge on any atom is -0.312 e. The van der Waals surface area contributed by atoms with Gasteiger partial charge in [0, 0.05) is 11.6 Å². The molecule has 5 aromatic rings. The van der Waals surface area contributed by atoms with E-state index in [2.05, 4.69) is 125 Å². The maximum Gasteiger partial charge on any atom is 0.164 e. The van der Waals surface area contributed by atoms with E-state index in [9.17, 15) is 0 Å². The Balaban J connectivity index is 1.97. The third-order valence-electron chi connectivity index (χ3n) is 5.62. The van der Waals surface area contributed by atoms with Crippen LogP contribution in [0.15, 0.2) is 109 Å². The van der Waals surface area contributed by atoms with E-state index in [-0.39, 0.29) is 0 Å². The molecule has 0 aliphatic rings. The molecule has 0 amide bonds. The Hall–Kier alpha value is -3.72. The van der Waals surface area contributed by atoms with E-state index in [1.165, 1.54) is 16.7 Å². The summed E-state index contributed by atoms with van der Waals surface area (Å²) in [6.45, 7) is 2.08. The average molecular weight is 375 g/mol. The maximum absolute atomic E-state index is 4.56. The molecule has 0 bridgehead atoms. The summed E-state index contributed by atoms with van der Waals surface area (Å²) < 4.78 is 2.27. The molecule has 0 unspecified atom stereocenters.